The van der Waals surface area contributed by atoms with Crippen LogP contribution in [-0.4, -0.2) is 25.6 Å². The van der Waals surface area contributed by atoms with E-state index < -0.39 is 30.6 Å². The SMILES string of the molecule is COC(=O)C(c1ccccc1)S(=O)O[Si](C)(C)C. The average molecular weight is 286 g/mol. The Bertz CT molecular complexity index is 427. The van der Waals surface area contributed by atoms with E-state index >= 15 is 0 Å². The van der Waals surface area contributed by atoms with Crippen LogP contribution in [0.5, 0.6) is 0 Å². The fraction of sp³-hybridized carbons (Fsp3) is 0.417. The zero-order valence-corrected chi connectivity index (χ0v) is 12.8. The van der Waals surface area contributed by atoms with Gasteiger partial charge in [0, 0.05) is 0 Å². The van der Waals surface area contributed by atoms with E-state index in [0.29, 0.717) is 5.56 Å². The van der Waals surface area contributed by atoms with Gasteiger partial charge in [-0.1, -0.05) is 30.3 Å². The van der Waals surface area contributed by atoms with Gasteiger partial charge in [0.05, 0.1) is 7.11 Å². The highest BCUT2D eigenvalue weighted by molar-refractivity contribution is 7.82. The quantitative estimate of drug-likeness (QED) is 0.616. The highest BCUT2D eigenvalue weighted by Crippen LogP contribution is 2.24. The fourth-order valence-corrected chi connectivity index (χ4v) is 4.34. The Morgan fingerprint density at radius 2 is 1.78 bits per heavy atom. The first-order valence-corrected chi connectivity index (χ1v) is 10.1. The largest absolute Gasteiger partial charge is 0.468 e. The van der Waals surface area contributed by atoms with Gasteiger partial charge < -0.3 is 8.61 Å². The third-order valence-electron chi connectivity index (χ3n) is 2.04. The summed E-state index contributed by atoms with van der Waals surface area (Å²) in [6.45, 7) is 5.76. The van der Waals surface area contributed by atoms with Crippen LogP contribution in [0, 0.1) is 0 Å². The first-order chi connectivity index (χ1) is 8.35. The molecule has 0 saturated carbocycles. The second kappa shape index (κ2) is 6.26. The van der Waals surface area contributed by atoms with Gasteiger partial charge in [-0.3, -0.25) is 4.79 Å². The monoisotopic (exact) mass is 286 g/mol. The van der Waals surface area contributed by atoms with Crippen molar-refractivity contribution in [3.8, 4) is 0 Å². The molecular formula is C12H18O4SSi. The molecule has 0 spiro atoms. The van der Waals surface area contributed by atoms with Crippen molar-refractivity contribution in [2.75, 3.05) is 7.11 Å². The lowest BCUT2D eigenvalue weighted by atomic mass is 10.1. The molecule has 1 rings (SSSR count). The van der Waals surface area contributed by atoms with Crippen LogP contribution in [0.15, 0.2) is 30.3 Å². The topological polar surface area (TPSA) is 52.6 Å². The molecule has 2 atom stereocenters. The lowest BCUT2D eigenvalue weighted by Crippen LogP contribution is -2.31. The molecule has 0 aromatic heterocycles. The minimum absolute atomic E-state index is 0.544. The fourth-order valence-electron chi connectivity index (χ4n) is 1.36. The number of rotatable bonds is 5. The van der Waals surface area contributed by atoms with Gasteiger partial charge in [-0.15, -0.1) is 0 Å². The van der Waals surface area contributed by atoms with Gasteiger partial charge in [0.1, 0.15) is 0 Å². The number of hydrogen-bond acceptors (Lipinski definition) is 4. The molecule has 1 aromatic rings. The molecule has 100 valence electrons. The van der Waals surface area contributed by atoms with Crippen molar-refractivity contribution in [1.29, 1.82) is 0 Å². The molecule has 0 aliphatic carbocycles. The summed E-state index contributed by atoms with van der Waals surface area (Å²) in [6, 6.07) is 8.90. The number of benzene rings is 1. The van der Waals surface area contributed by atoms with Crippen molar-refractivity contribution in [3.05, 3.63) is 35.9 Å². The molecule has 2 unspecified atom stereocenters. The van der Waals surface area contributed by atoms with Crippen LogP contribution in [0.1, 0.15) is 10.8 Å². The van der Waals surface area contributed by atoms with E-state index in [1.165, 1.54) is 7.11 Å². The Morgan fingerprint density at radius 3 is 2.22 bits per heavy atom. The Morgan fingerprint density at radius 1 is 1.22 bits per heavy atom. The minimum Gasteiger partial charge on any atom is -0.468 e. The van der Waals surface area contributed by atoms with Crippen LogP contribution in [0.2, 0.25) is 19.6 Å². The zero-order chi connectivity index (χ0) is 13.8. The molecule has 1 aromatic carbocycles. The average Bonchev–Trinajstić information content (AvgIpc) is 2.28. The third-order valence-corrected chi connectivity index (χ3v) is 5.55. The number of ether oxygens (including phenoxy) is 1. The van der Waals surface area contributed by atoms with Crippen LogP contribution >= 0.6 is 0 Å². The standard InChI is InChI=1S/C12H18O4SSi/c1-15-12(13)11(10-8-6-5-7-9-10)17(14)16-18(2,3)4/h5-9,11H,1-4H3. The van der Waals surface area contributed by atoms with Gasteiger partial charge >= 0.3 is 5.97 Å². The molecule has 18 heavy (non-hydrogen) atoms. The van der Waals surface area contributed by atoms with Crippen molar-refractivity contribution in [3.63, 3.8) is 0 Å². The van der Waals surface area contributed by atoms with E-state index in [1.807, 2.05) is 25.7 Å². The van der Waals surface area contributed by atoms with Gasteiger partial charge in [0.2, 0.25) is 8.32 Å². The van der Waals surface area contributed by atoms with Crippen LogP contribution in [0.4, 0.5) is 0 Å². The van der Waals surface area contributed by atoms with E-state index in [1.54, 1.807) is 24.3 Å². The summed E-state index contributed by atoms with van der Waals surface area (Å²) in [4.78, 5) is 11.8. The molecule has 0 fully saturated rings. The lowest BCUT2D eigenvalue weighted by Gasteiger charge is -2.20. The van der Waals surface area contributed by atoms with Gasteiger partial charge in [-0.2, -0.15) is 0 Å². The molecule has 6 heteroatoms. The van der Waals surface area contributed by atoms with Crippen LogP contribution in [0.25, 0.3) is 0 Å². The van der Waals surface area contributed by atoms with Crippen molar-refractivity contribution < 1.29 is 17.6 Å². The smallest absolute Gasteiger partial charge is 0.328 e. The maximum absolute atomic E-state index is 12.2. The molecule has 0 aliphatic heterocycles. The Labute approximate surface area is 111 Å². The van der Waals surface area contributed by atoms with Crippen molar-refractivity contribution >= 4 is 25.4 Å². The van der Waals surface area contributed by atoms with E-state index in [0.717, 1.165) is 0 Å². The molecule has 0 heterocycles. The second-order valence-corrected chi connectivity index (χ2v) is 10.7. The summed E-state index contributed by atoms with van der Waals surface area (Å²) in [7, 11) is -0.701. The highest BCUT2D eigenvalue weighted by Gasteiger charge is 2.32. The van der Waals surface area contributed by atoms with Crippen LogP contribution < -0.4 is 0 Å². The molecule has 4 nitrogen and oxygen atoms in total. The number of esters is 1. The first-order valence-electron chi connectivity index (χ1n) is 5.58. The molecule has 0 radical (unpaired) electrons. The van der Waals surface area contributed by atoms with Crippen LogP contribution in [0.3, 0.4) is 0 Å². The summed E-state index contributed by atoms with van der Waals surface area (Å²) in [5.41, 5.74) is 0.640. The van der Waals surface area contributed by atoms with Crippen molar-refractivity contribution in [2.24, 2.45) is 0 Å². The zero-order valence-electron chi connectivity index (χ0n) is 11.0. The Kier molecular flexibility index (Phi) is 5.24. The normalized spacial score (nSPS) is 14.9. The van der Waals surface area contributed by atoms with E-state index in [4.69, 9.17) is 8.61 Å². The molecule has 0 bridgehead atoms. The maximum atomic E-state index is 12.2. The predicted octanol–water partition coefficient (Wildman–Crippen LogP) is 2.42. The molecule has 0 N–H and O–H groups in total. The highest BCUT2D eigenvalue weighted by atomic mass is 32.2. The number of methoxy groups -OCH3 is 1. The molecule has 0 amide bonds. The minimum atomic E-state index is -1.98. The molecule has 0 saturated heterocycles. The predicted molar refractivity (Wildman–Crippen MR) is 73.8 cm³/mol. The lowest BCUT2D eigenvalue weighted by molar-refractivity contribution is -0.140. The number of carbonyl (C=O) groups is 1. The molecular weight excluding hydrogens is 268 g/mol. The Balaban J connectivity index is 3.00. The number of hydrogen-bond donors (Lipinski definition) is 0. The van der Waals surface area contributed by atoms with Gasteiger partial charge in [0.15, 0.2) is 16.3 Å². The van der Waals surface area contributed by atoms with E-state index in [2.05, 4.69) is 0 Å². The summed E-state index contributed by atoms with van der Waals surface area (Å²) >= 11 is -1.72. The maximum Gasteiger partial charge on any atom is 0.328 e. The summed E-state index contributed by atoms with van der Waals surface area (Å²) in [5, 5.41) is -0.886. The second-order valence-electron chi connectivity index (χ2n) is 4.77. The molecule has 0 aliphatic rings. The van der Waals surface area contributed by atoms with Gasteiger partial charge in [-0.25, -0.2) is 4.21 Å². The van der Waals surface area contributed by atoms with E-state index in [-0.39, 0.29) is 0 Å². The first kappa shape index (κ1) is 15.1. The van der Waals surface area contributed by atoms with Crippen molar-refractivity contribution in [2.45, 2.75) is 24.9 Å². The Hall–Kier alpha value is -0.983. The van der Waals surface area contributed by atoms with Gasteiger partial charge in [0.25, 0.3) is 0 Å². The van der Waals surface area contributed by atoms with Crippen LogP contribution in [-0.2, 0) is 24.5 Å². The van der Waals surface area contributed by atoms with Gasteiger partial charge in [-0.05, 0) is 25.2 Å². The van der Waals surface area contributed by atoms with Crippen molar-refractivity contribution in [1.82, 2.24) is 0 Å². The van der Waals surface area contributed by atoms with E-state index in [9.17, 15) is 9.00 Å². The third kappa shape index (κ3) is 4.36. The number of carbonyl (C=O) groups excluding carboxylic acids is 1. The summed E-state index contributed by atoms with van der Waals surface area (Å²) in [5.74, 6) is -0.544. The summed E-state index contributed by atoms with van der Waals surface area (Å²) < 4.78 is 22.4. The summed E-state index contributed by atoms with van der Waals surface area (Å²) in [6.07, 6.45) is 0.